The topological polar surface area (TPSA) is 29.5 Å². The number of allylic oxidation sites excluding steroid dienone is 3. The summed E-state index contributed by atoms with van der Waals surface area (Å²) in [7, 11) is -2.09. The lowest BCUT2D eigenvalue weighted by atomic mass is 9.46. The number of hydrogen-bond donors (Lipinski definition) is 1. The summed E-state index contributed by atoms with van der Waals surface area (Å²) in [6.07, 6.45) is 6.75. The molecule has 0 aromatic rings. The maximum Gasteiger partial charge on any atom is 0.258 e. The first-order valence-electron chi connectivity index (χ1n) is 13.6. The third-order valence-electron chi connectivity index (χ3n) is 11.0. The van der Waals surface area contributed by atoms with Crippen molar-refractivity contribution in [2.24, 2.45) is 28.1 Å². The standard InChI is InChI=1S/C30H52O2Si/c1-13-28(11)18-26(31)29(12)22(8)14-16-30(24(10)23(28)9)17-15-25(27(29)30)32-33(19(2)3,20(4)5)21(6)7/h13,19-23,26,31H,1,10,14-18H2,2-9,11-12H3/t22?,23?,26-,28?,29?,30?/m0/s1. The van der Waals surface area contributed by atoms with E-state index in [9.17, 15) is 5.11 Å². The molecule has 2 nitrogen and oxygen atoms in total. The normalized spacial score (nSPS) is 39.7. The van der Waals surface area contributed by atoms with Crippen molar-refractivity contribution in [3.63, 3.8) is 0 Å². The third-order valence-corrected chi connectivity index (χ3v) is 17.0. The van der Waals surface area contributed by atoms with Crippen molar-refractivity contribution < 1.29 is 9.53 Å². The Balaban J connectivity index is 2.30. The Morgan fingerprint density at radius 2 is 1.58 bits per heavy atom. The zero-order valence-electron chi connectivity index (χ0n) is 23.3. The minimum atomic E-state index is -2.09. The summed E-state index contributed by atoms with van der Waals surface area (Å²) in [5.74, 6) is 1.93. The summed E-state index contributed by atoms with van der Waals surface area (Å²) in [5, 5.41) is 12.0. The summed E-state index contributed by atoms with van der Waals surface area (Å²) in [4.78, 5) is 0. The van der Waals surface area contributed by atoms with Crippen molar-refractivity contribution in [3.8, 4) is 0 Å². The fourth-order valence-electron chi connectivity index (χ4n) is 8.44. The molecule has 0 aromatic heterocycles. The molecule has 0 aliphatic heterocycles. The molecule has 0 saturated heterocycles. The van der Waals surface area contributed by atoms with E-state index in [0.717, 1.165) is 32.1 Å². The van der Waals surface area contributed by atoms with E-state index in [1.807, 2.05) is 0 Å². The molecule has 2 bridgehead atoms. The molecule has 3 heteroatoms. The molecule has 2 saturated carbocycles. The van der Waals surface area contributed by atoms with Gasteiger partial charge >= 0.3 is 0 Å². The zero-order chi connectivity index (χ0) is 25.1. The van der Waals surface area contributed by atoms with E-state index in [0.29, 0.717) is 22.5 Å². The first-order valence-corrected chi connectivity index (χ1v) is 15.7. The van der Waals surface area contributed by atoms with Gasteiger partial charge in [-0.1, -0.05) is 87.5 Å². The lowest BCUT2D eigenvalue weighted by molar-refractivity contribution is -0.0501. The van der Waals surface area contributed by atoms with Gasteiger partial charge in [-0.3, -0.25) is 0 Å². The zero-order valence-corrected chi connectivity index (χ0v) is 24.3. The second-order valence-corrected chi connectivity index (χ2v) is 18.6. The van der Waals surface area contributed by atoms with Gasteiger partial charge in [0.2, 0.25) is 0 Å². The average Bonchev–Trinajstić information content (AvgIpc) is 3.12. The van der Waals surface area contributed by atoms with Gasteiger partial charge in [0, 0.05) is 17.3 Å². The number of aliphatic hydroxyl groups excluding tert-OH is 1. The van der Waals surface area contributed by atoms with Crippen LogP contribution >= 0.6 is 0 Å². The van der Waals surface area contributed by atoms with Crippen LogP contribution in [-0.2, 0) is 4.43 Å². The highest BCUT2D eigenvalue weighted by molar-refractivity contribution is 6.77. The van der Waals surface area contributed by atoms with Crippen LogP contribution in [0.5, 0.6) is 0 Å². The Morgan fingerprint density at radius 3 is 2.06 bits per heavy atom. The van der Waals surface area contributed by atoms with Crippen molar-refractivity contribution in [1.82, 2.24) is 0 Å². The van der Waals surface area contributed by atoms with Crippen LogP contribution in [-0.4, -0.2) is 19.5 Å². The van der Waals surface area contributed by atoms with E-state index in [2.05, 4.69) is 81.9 Å². The Labute approximate surface area is 206 Å². The van der Waals surface area contributed by atoms with Crippen LogP contribution in [0.15, 0.2) is 36.1 Å². The monoisotopic (exact) mass is 472 g/mol. The van der Waals surface area contributed by atoms with Gasteiger partial charge in [0.25, 0.3) is 8.32 Å². The molecule has 6 atom stereocenters. The van der Waals surface area contributed by atoms with E-state index < -0.39 is 14.4 Å². The molecule has 0 spiro atoms. The van der Waals surface area contributed by atoms with Gasteiger partial charge in [0.15, 0.2) is 0 Å². The van der Waals surface area contributed by atoms with E-state index >= 15 is 0 Å². The molecule has 3 rings (SSSR count). The van der Waals surface area contributed by atoms with Crippen molar-refractivity contribution in [1.29, 1.82) is 0 Å². The Kier molecular flexibility index (Phi) is 7.06. The van der Waals surface area contributed by atoms with E-state index in [4.69, 9.17) is 11.0 Å². The maximum absolute atomic E-state index is 12.0. The van der Waals surface area contributed by atoms with Crippen LogP contribution in [0.2, 0.25) is 16.6 Å². The van der Waals surface area contributed by atoms with Gasteiger partial charge in [0.05, 0.1) is 11.9 Å². The first-order chi connectivity index (χ1) is 15.1. The van der Waals surface area contributed by atoms with Crippen LogP contribution < -0.4 is 0 Å². The van der Waals surface area contributed by atoms with Gasteiger partial charge in [0.1, 0.15) is 0 Å². The fourth-order valence-corrected chi connectivity index (χ4v) is 13.8. The summed E-state index contributed by atoms with van der Waals surface area (Å²) < 4.78 is 7.45. The van der Waals surface area contributed by atoms with Crippen LogP contribution in [0.3, 0.4) is 0 Å². The maximum atomic E-state index is 12.0. The predicted molar refractivity (Wildman–Crippen MR) is 145 cm³/mol. The van der Waals surface area contributed by atoms with E-state index in [1.165, 1.54) is 16.9 Å². The third kappa shape index (κ3) is 3.58. The Morgan fingerprint density at radius 1 is 1.03 bits per heavy atom. The summed E-state index contributed by atoms with van der Waals surface area (Å²) in [5.41, 5.74) is 3.92. The van der Waals surface area contributed by atoms with Crippen LogP contribution in [0.4, 0.5) is 0 Å². The Bertz CT molecular complexity index is 801. The lowest BCUT2D eigenvalue weighted by Gasteiger charge is -2.59. The van der Waals surface area contributed by atoms with Crippen LogP contribution in [0, 0.1) is 28.1 Å². The number of rotatable bonds is 6. The van der Waals surface area contributed by atoms with Crippen LogP contribution in [0.1, 0.15) is 101 Å². The van der Waals surface area contributed by atoms with Crippen LogP contribution in [0.25, 0.3) is 0 Å². The molecule has 0 aromatic carbocycles. The molecule has 2 fully saturated rings. The smallest absolute Gasteiger partial charge is 0.258 e. The predicted octanol–water partition coefficient (Wildman–Crippen LogP) is 8.80. The van der Waals surface area contributed by atoms with Crippen molar-refractivity contribution >= 4 is 8.32 Å². The molecular weight excluding hydrogens is 420 g/mol. The van der Waals surface area contributed by atoms with Gasteiger partial charge < -0.3 is 9.53 Å². The minimum Gasteiger partial charge on any atom is -0.546 e. The molecule has 0 heterocycles. The van der Waals surface area contributed by atoms with E-state index in [1.54, 1.807) is 0 Å². The highest BCUT2D eigenvalue weighted by atomic mass is 28.4. The summed E-state index contributed by atoms with van der Waals surface area (Å²) in [6.45, 7) is 32.5. The fraction of sp³-hybridized carbons (Fsp3) is 0.800. The van der Waals surface area contributed by atoms with Crippen molar-refractivity contribution in [2.45, 2.75) is 124 Å². The van der Waals surface area contributed by atoms with E-state index in [-0.39, 0.29) is 22.2 Å². The quantitative estimate of drug-likeness (QED) is 0.309. The molecule has 3 aliphatic carbocycles. The SMILES string of the molecule is C=CC1(C)C[C@H](O)C2(C)C3=C(O[Si](C(C)C)(C(C)C)C(C)C)CCC3(CCC2C)C(=C)C1C. The summed E-state index contributed by atoms with van der Waals surface area (Å²) in [6, 6.07) is 0. The highest BCUT2D eigenvalue weighted by Crippen LogP contribution is 2.69. The van der Waals surface area contributed by atoms with Gasteiger partial charge in [-0.25, -0.2) is 0 Å². The first kappa shape index (κ1) is 26.8. The average molecular weight is 473 g/mol. The molecular formula is C30H52O2Si. The largest absolute Gasteiger partial charge is 0.546 e. The number of hydrogen-bond acceptors (Lipinski definition) is 2. The van der Waals surface area contributed by atoms with Gasteiger partial charge in [-0.05, 0) is 65.1 Å². The molecule has 33 heavy (non-hydrogen) atoms. The molecule has 1 N–H and O–H groups in total. The number of aliphatic hydroxyl groups is 1. The second-order valence-electron chi connectivity index (χ2n) is 13.2. The molecule has 188 valence electrons. The summed E-state index contributed by atoms with van der Waals surface area (Å²) >= 11 is 0. The molecule has 0 radical (unpaired) electrons. The Hall–Kier alpha value is -0.803. The molecule has 0 amide bonds. The molecule has 5 unspecified atom stereocenters. The molecule has 3 aliphatic rings. The minimum absolute atomic E-state index is 0.0489. The van der Waals surface area contributed by atoms with Gasteiger partial charge in [-0.2, -0.15) is 0 Å². The second kappa shape index (κ2) is 8.70. The van der Waals surface area contributed by atoms with Gasteiger partial charge in [-0.15, -0.1) is 6.58 Å². The van der Waals surface area contributed by atoms with Crippen molar-refractivity contribution in [3.05, 3.63) is 36.1 Å². The van der Waals surface area contributed by atoms with Crippen molar-refractivity contribution in [2.75, 3.05) is 0 Å². The lowest BCUT2D eigenvalue weighted by Crippen LogP contribution is -2.54. The highest BCUT2D eigenvalue weighted by Gasteiger charge is 2.62.